The van der Waals surface area contributed by atoms with Gasteiger partial charge in [0.1, 0.15) is 0 Å². The Kier molecular flexibility index (Phi) is 1.96. The fourth-order valence-corrected chi connectivity index (χ4v) is 1.47. The van der Waals surface area contributed by atoms with Crippen LogP contribution in [0.25, 0.3) is 0 Å². The van der Waals surface area contributed by atoms with E-state index in [1.165, 1.54) is 19.2 Å². The van der Waals surface area contributed by atoms with E-state index in [0.717, 1.165) is 12.8 Å². The van der Waals surface area contributed by atoms with Gasteiger partial charge in [0.2, 0.25) is 0 Å². The second kappa shape index (κ2) is 2.92. The standard InChI is InChI=1S/C10H11F2NO/c1-14-9-7(11)4-6(5-8(9)12)10(13)2-3-10/h4-5H,2-3,13H2,1H3. The second-order valence-corrected chi connectivity index (χ2v) is 3.63. The van der Waals surface area contributed by atoms with E-state index in [0.29, 0.717) is 5.56 Å². The van der Waals surface area contributed by atoms with Crippen LogP contribution in [0.5, 0.6) is 5.75 Å². The first-order valence-electron chi connectivity index (χ1n) is 4.39. The van der Waals surface area contributed by atoms with E-state index in [1.54, 1.807) is 0 Å². The molecule has 1 aromatic rings. The van der Waals surface area contributed by atoms with Gasteiger partial charge < -0.3 is 10.5 Å². The van der Waals surface area contributed by atoms with Gasteiger partial charge in [-0.15, -0.1) is 0 Å². The molecule has 0 aromatic heterocycles. The maximum atomic E-state index is 13.2. The number of rotatable bonds is 2. The second-order valence-electron chi connectivity index (χ2n) is 3.63. The zero-order chi connectivity index (χ0) is 10.3. The molecule has 4 heteroatoms. The van der Waals surface area contributed by atoms with Gasteiger partial charge in [0.15, 0.2) is 17.4 Å². The van der Waals surface area contributed by atoms with Crippen LogP contribution in [0.15, 0.2) is 12.1 Å². The monoisotopic (exact) mass is 199 g/mol. The first-order valence-corrected chi connectivity index (χ1v) is 4.39. The molecule has 0 amide bonds. The van der Waals surface area contributed by atoms with E-state index < -0.39 is 17.2 Å². The number of methoxy groups -OCH3 is 1. The van der Waals surface area contributed by atoms with Gasteiger partial charge in [-0.1, -0.05) is 0 Å². The van der Waals surface area contributed by atoms with Crippen LogP contribution < -0.4 is 10.5 Å². The summed E-state index contributed by atoms with van der Waals surface area (Å²) in [6.45, 7) is 0. The lowest BCUT2D eigenvalue weighted by Gasteiger charge is -2.11. The molecule has 1 saturated carbocycles. The topological polar surface area (TPSA) is 35.2 Å². The molecule has 76 valence electrons. The van der Waals surface area contributed by atoms with Crippen LogP contribution in [0.1, 0.15) is 18.4 Å². The van der Waals surface area contributed by atoms with Crippen molar-refractivity contribution < 1.29 is 13.5 Å². The lowest BCUT2D eigenvalue weighted by molar-refractivity contribution is 0.358. The predicted molar refractivity (Wildman–Crippen MR) is 48.0 cm³/mol. The van der Waals surface area contributed by atoms with Crippen LogP contribution in [0.3, 0.4) is 0 Å². The molecule has 0 atom stereocenters. The number of hydrogen-bond acceptors (Lipinski definition) is 2. The van der Waals surface area contributed by atoms with E-state index in [9.17, 15) is 8.78 Å². The van der Waals surface area contributed by atoms with Crippen molar-refractivity contribution >= 4 is 0 Å². The van der Waals surface area contributed by atoms with E-state index in [4.69, 9.17) is 5.73 Å². The number of halogens is 2. The molecule has 0 radical (unpaired) electrons. The van der Waals surface area contributed by atoms with E-state index in [2.05, 4.69) is 4.74 Å². The van der Waals surface area contributed by atoms with Crippen LogP contribution in [-0.4, -0.2) is 7.11 Å². The molecule has 0 bridgehead atoms. The number of ether oxygens (including phenoxy) is 1. The normalized spacial score (nSPS) is 18.0. The quantitative estimate of drug-likeness (QED) is 0.789. The van der Waals surface area contributed by atoms with Crippen molar-refractivity contribution in [3.05, 3.63) is 29.3 Å². The molecule has 0 aliphatic heterocycles. The summed E-state index contributed by atoms with van der Waals surface area (Å²) in [6.07, 6.45) is 1.55. The van der Waals surface area contributed by atoms with Gasteiger partial charge in [0, 0.05) is 5.54 Å². The largest absolute Gasteiger partial charge is 0.491 e. The third-order valence-corrected chi connectivity index (χ3v) is 2.57. The average Bonchev–Trinajstić information content (AvgIpc) is 2.84. The molecule has 2 nitrogen and oxygen atoms in total. The Balaban J connectivity index is 2.47. The third kappa shape index (κ3) is 1.35. The van der Waals surface area contributed by atoms with E-state index >= 15 is 0 Å². The maximum absolute atomic E-state index is 13.2. The minimum absolute atomic E-state index is 0.349. The molecule has 2 N–H and O–H groups in total. The smallest absolute Gasteiger partial charge is 0.190 e. The van der Waals surface area contributed by atoms with Crippen LogP contribution in [-0.2, 0) is 5.54 Å². The molecular weight excluding hydrogens is 188 g/mol. The maximum Gasteiger partial charge on any atom is 0.190 e. The Morgan fingerprint density at radius 1 is 1.29 bits per heavy atom. The minimum Gasteiger partial charge on any atom is -0.491 e. The van der Waals surface area contributed by atoms with Gasteiger partial charge in [-0.2, -0.15) is 0 Å². The van der Waals surface area contributed by atoms with E-state index in [1.807, 2.05) is 0 Å². The molecule has 1 aromatic carbocycles. The van der Waals surface area contributed by atoms with Crippen molar-refractivity contribution in [3.8, 4) is 5.75 Å². The average molecular weight is 199 g/mol. The molecule has 1 aliphatic rings. The van der Waals surface area contributed by atoms with Crippen molar-refractivity contribution in [2.45, 2.75) is 18.4 Å². The van der Waals surface area contributed by atoms with Gasteiger partial charge in [-0.3, -0.25) is 0 Å². The Bertz CT molecular complexity index is 351. The Morgan fingerprint density at radius 3 is 2.14 bits per heavy atom. The van der Waals surface area contributed by atoms with Crippen molar-refractivity contribution in [2.75, 3.05) is 7.11 Å². The Labute approximate surface area is 80.7 Å². The fraction of sp³-hybridized carbons (Fsp3) is 0.400. The molecule has 14 heavy (non-hydrogen) atoms. The van der Waals surface area contributed by atoms with Gasteiger partial charge in [0.05, 0.1) is 7.11 Å². The minimum atomic E-state index is -0.695. The van der Waals surface area contributed by atoms with Gasteiger partial charge in [-0.25, -0.2) is 8.78 Å². The lowest BCUT2D eigenvalue weighted by atomic mass is 10.1. The molecule has 1 aliphatic carbocycles. The number of hydrogen-bond donors (Lipinski definition) is 1. The zero-order valence-electron chi connectivity index (χ0n) is 7.81. The summed E-state index contributed by atoms with van der Waals surface area (Å²) in [5, 5.41) is 0. The van der Waals surface area contributed by atoms with E-state index in [-0.39, 0.29) is 5.75 Å². The highest BCUT2D eigenvalue weighted by molar-refractivity contribution is 5.37. The van der Waals surface area contributed by atoms with Crippen molar-refractivity contribution in [1.82, 2.24) is 0 Å². The first-order chi connectivity index (χ1) is 6.57. The summed E-state index contributed by atoms with van der Waals surface area (Å²) in [5.41, 5.74) is 5.81. The number of nitrogens with two attached hydrogens (primary N) is 1. The summed E-state index contributed by atoms with van der Waals surface area (Å²) in [7, 11) is 1.23. The summed E-state index contributed by atoms with van der Waals surface area (Å²) in [6, 6.07) is 2.49. The van der Waals surface area contributed by atoms with Crippen LogP contribution in [0.2, 0.25) is 0 Å². The highest BCUT2D eigenvalue weighted by atomic mass is 19.1. The SMILES string of the molecule is COc1c(F)cc(C2(N)CC2)cc1F. The van der Waals surface area contributed by atoms with Crippen molar-refractivity contribution in [2.24, 2.45) is 5.73 Å². The molecule has 0 unspecified atom stereocenters. The van der Waals surface area contributed by atoms with Crippen molar-refractivity contribution in [1.29, 1.82) is 0 Å². The van der Waals surface area contributed by atoms with Gasteiger partial charge in [0.25, 0.3) is 0 Å². The Morgan fingerprint density at radius 2 is 1.79 bits per heavy atom. The molecule has 1 fully saturated rings. The summed E-state index contributed by atoms with van der Waals surface area (Å²) < 4.78 is 31.1. The van der Waals surface area contributed by atoms with Crippen LogP contribution >= 0.6 is 0 Å². The zero-order valence-corrected chi connectivity index (χ0v) is 7.81. The molecule has 2 rings (SSSR count). The van der Waals surface area contributed by atoms with Gasteiger partial charge >= 0.3 is 0 Å². The summed E-state index contributed by atoms with van der Waals surface area (Å²) >= 11 is 0. The summed E-state index contributed by atoms with van der Waals surface area (Å²) in [4.78, 5) is 0. The predicted octanol–water partition coefficient (Wildman–Crippen LogP) is 1.92. The van der Waals surface area contributed by atoms with Gasteiger partial charge in [-0.05, 0) is 30.5 Å². The summed E-state index contributed by atoms with van der Waals surface area (Å²) in [5.74, 6) is -1.74. The lowest BCUT2D eigenvalue weighted by Crippen LogP contribution is -2.19. The number of benzene rings is 1. The fourth-order valence-electron chi connectivity index (χ4n) is 1.47. The highest BCUT2D eigenvalue weighted by Crippen LogP contribution is 2.43. The van der Waals surface area contributed by atoms with Crippen molar-refractivity contribution in [3.63, 3.8) is 0 Å². The van der Waals surface area contributed by atoms with Crippen LogP contribution in [0, 0.1) is 11.6 Å². The Hall–Kier alpha value is -1.16. The molecule has 0 heterocycles. The first kappa shape index (κ1) is 9.40. The highest BCUT2D eigenvalue weighted by Gasteiger charge is 2.41. The molecule has 0 spiro atoms. The third-order valence-electron chi connectivity index (χ3n) is 2.57. The molecular formula is C10H11F2NO. The van der Waals surface area contributed by atoms with Crippen LogP contribution in [0.4, 0.5) is 8.78 Å². The molecule has 0 saturated heterocycles.